The molecule has 2 aliphatic rings. The first-order valence-electron chi connectivity index (χ1n) is 6.92. The van der Waals surface area contributed by atoms with Gasteiger partial charge in [0.15, 0.2) is 6.79 Å². The number of fused-ring (bicyclic) bond motifs is 2. The fourth-order valence-corrected chi connectivity index (χ4v) is 2.71. The highest BCUT2D eigenvalue weighted by molar-refractivity contribution is 5.87. The van der Waals surface area contributed by atoms with Crippen molar-refractivity contribution in [3.8, 4) is 0 Å². The zero-order valence-electron chi connectivity index (χ0n) is 12.5. The van der Waals surface area contributed by atoms with E-state index < -0.39 is 0 Å². The van der Waals surface area contributed by atoms with Gasteiger partial charge in [0.25, 0.3) is 0 Å². The molecule has 0 aromatic rings. The molecule has 0 aliphatic heterocycles. The normalized spacial score (nSPS) is 26.4. The van der Waals surface area contributed by atoms with Crippen molar-refractivity contribution in [1.82, 2.24) is 0 Å². The molecule has 0 aromatic heterocycles. The number of methoxy groups -OCH3 is 1. The molecule has 0 heterocycles. The summed E-state index contributed by atoms with van der Waals surface area (Å²) in [5.41, 5.74) is 0.516. The lowest BCUT2D eigenvalue weighted by atomic mass is 9.98. The van der Waals surface area contributed by atoms with E-state index in [1.54, 1.807) is 6.92 Å². The monoisotopic (exact) mass is 284 g/mol. The Bertz CT molecular complexity index is 363. The van der Waals surface area contributed by atoms with Gasteiger partial charge >= 0.3 is 11.9 Å². The SMILES string of the molecule is C=C(C)C(=O)OC1CC2CCC1C2.COCOC(C)=O. The van der Waals surface area contributed by atoms with Crippen LogP contribution in [0.25, 0.3) is 0 Å². The predicted octanol–water partition coefficient (Wildman–Crippen LogP) is 2.45. The molecule has 3 unspecified atom stereocenters. The Balaban J connectivity index is 0.000000246. The molecule has 2 bridgehead atoms. The van der Waals surface area contributed by atoms with E-state index in [1.165, 1.54) is 33.3 Å². The summed E-state index contributed by atoms with van der Waals surface area (Å²) in [7, 11) is 1.46. The van der Waals surface area contributed by atoms with E-state index in [9.17, 15) is 9.59 Å². The van der Waals surface area contributed by atoms with E-state index in [0.717, 1.165) is 12.3 Å². The Morgan fingerprint density at radius 3 is 2.25 bits per heavy atom. The van der Waals surface area contributed by atoms with Gasteiger partial charge < -0.3 is 14.2 Å². The van der Waals surface area contributed by atoms with E-state index in [4.69, 9.17) is 4.74 Å². The van der Waals surface area contributed by atoms with Gasteiger partial charge in [-0.3, -0.25) is 4.79 Å². The van der Waals surface area contributed by atoms with Crippen LogP contribution in [-0.2, 0) is 23.8 Å². The average molecular weight is 284 g/mol. The molecule has 0 amide bonds. The third-order valence-corrected chi connectivity index (χ3v) is 3.66. The van der Waals surface area contributed by atoms with Crippen LogP contribution in [0.15, 0.2) is 12.2 Å². The van der Waals surface area contributed by atoms with Gasteiger partial charge in [0.2, 0.25) is 0 Å². The molecule has 0 radical (unpaired) electrons. The van der Waals surface area contributed by atoms with E-state index >= 15 is 0 Å². The minimum Gasteiger partial charge on any atom is -0.459 e. The quantitative estimate of drug-likeness (QED) is 0.451. The molecule has 2 rings (SSSR count). The molecular weight excluding hydrogens is 260 g/mol. The predicted molar refractivity (Wildman–Crippen MR) is 73.8 cm³/mol. The van der Waals surface area contributed by atoms with Crippen molar-refractivity contribution in [2.45, 2.75) is 45.6 Å². The van der Waals surface area contributed by atoms with E-state index in [2.05, 4.69) is 16.1 Å². The van der Waals surface area contributed by atoms with Gasteiger partial charge in [0.1, 0.15) is 6.10 Å². The highest BCUT2D eigenvalue weighted by atomic mass is 16.7. The summed E-state index contributed by atoms with van der Waals surface area (Å²) in [5, 5.41) is 0. The summed E-state index contributed by atoms with van der Waals surface area (Å²) >= 11 is 0. The van der Waals surface area contributed by atoms with Crippen LogP contribution in [0.3, 0.4) is 0 Å². The smallest absolute Gasteiger partial charge is 0.333 e. The van der Waals surface area contributed by atoms with Crippen LogP contribution in [0.4, 0.5) is 0 Å². The average Bonchev–Trinajstić information content (AvgIpc) is 2.99. The molecule has 0 saturated heterocycles. The first-order chi connectivity index (χ1) is 9.43. The van der Waals surface area contributed by atoms with Gasteiger partial charge in [-0.15, -0.1) is 0 Å². The molecule has 0 spiro atoms. The van der Waals surface area contributed by atoms with Crippen molar-refractivity contribution in [1.29, 1.82) is 0 Å². The maximum atomic E-state index is 11.3. The number of carbonyl (C=O) groups is 2. The van der Waals surface area contributed by atoms with Crippen molar-refractivity contribution in [2.24, 2.45) is 11.8 Å². The van der Waals surface area contributed by atoms with Crippen molar-refractivity contribution in [3.05, 3.63) is 12.2 Å². The summed E-state index contributed by atoms with van der Waals surface area (Å²) < 4.78 is 14.1. The van der Waals surface area contributed by atoms with Crippen molar-refractivity contribution >= 4 is 11.9 Å². The van der Waals surface area contributed by atoms with Gasteiger partial charge in [-0.25, -0.2) is 4.79 Å². The summed E-state index contributed by atoms with van der Waals surface area (Å²) in [6, 6.07) is 0. The van der Waals surface area contributed by atoms with Crippen LogP contribution in [0.5, 0.6) is 0 Å². The fraction of sp³-hybridized carbons (Fsp3) is 0.733. The molecule has 3 atom stereocenters. The maximum Gasteiger partial charge on any atom is 0.333 e. The highest BCUT2D eigenvalue weighted by Gasteiger charge is 2.41. The molecule has 2 aliphatic carbocycles. The Morgan fingerprint density at radius 2 is 1.90 bits per heavy atom. The second-order valence-corrected chi connectivity index (χ2v) is 5.44. The summed E-state index contributed by atoms with van der Waals surface area (Å²) in [5.74, 6) is 0.945. The zero-order chi connectivity index (χ0) is 15.1. The van der Waals surface area contributed by atoms with Gasteiger partial charge in [0.05, 0.1) is 0 Å². The molecule has 5 nitrogen and oxygen atoms in total. The Labute approximate surface area is 120 Å². The highest BCUT2D eigenvalue weighted by Crippen LogP contribution is 2.45. The fourth-order valence-electron chi connectivity index (χ4n) is 2.71. The zero-order valence-corrected chi connectivity index (χ0v) is 12.5. The molecule has 114 valence electrons. The molecule has 5 heteroatoms. The summed E-state index contributed by atoms with van der Waals surface area (Å²) in [6.45, 7) is 6.67. The van der Waals surface area contributed by atoms with Gasteiger partial charge in [-0.05, 0) is 44.4 Å². The molecular formula is C15H24O5. The van der Waals surface area contributed by atoms with Crippen molar-refractivity contribution in [3.63, 3.8) is 0 Å². The number of hydrogen-bond donors (Lipinski definition) is 0. The van der Waals surface area contributed by atoms with Crippen LogP contribution < -0.4 is 0 Å². The Hall–Kier alpha value is -1.36. The number of hydrogen-bond acceptors (Lipinski definition) is 5. The summed E-state index contributed by atoms with van der Waals surface area (Å²) in [6.07, 6.45) is 5.14. The minimum absolute atomic E-state index is 0.0509. The molecule has 2 saturated carbocycles. The first-order valence-corrected chi connectivity index (χ1v) is 6.92. The lowest BCUT2D eigenvalue weighted by Gasteiger charge is -2.21. The standard InChI is InChI=1S/C11H16O2.C4H8O3/c1-7(2)11(12)13-10-6-8-3-4-9(10)5-8;1-4(5)7-3-6-2/h8-10H,1,3-6H2,2H3;3H2,1-2H3. The van der Waals surface area contributed by atoms with E-state index in [-0.39, 0.29) is 24.8 Å². The topological polar surface area (TPSA) is 61.8 Å². The van der Waals surface area contributed by atoms with E-state index in [0.29, 0.717) is 11.5 Å². The van der Waals surface area contributed by atoms with Crippen molar-refractivity contribution in [2.75, 3.05) is 13.9 Å². The summed E-state index contributed by atoms with van der Waals surface area (Å²) in [4.78, 5) is 21.2. The third-order valence-electron chi connectivity index (χ3n) is 3.66. The van der Waals surface area contributed by atoms with Crippen LogP contribution >= 0.6 is 0 Å². The maximum absolute atomic E-state index is 11.3. The largest absolute Gasteiger partial charge is 0.459 e. The van der Waals surface area contributed by atoms with E-state index in [1.807, 2.05) is 0 Å². The second kappa shape index (κ2) is 8.04. The lowest BCUT2D eigenvalue weighted by Crippen LogP contribution is -2.24. The second-order valence-electron chi connectivity index (χ2n) is 5.44. The Kier molecular flexibility index (Phi) is 6.71. The molecule has 0 aromatic carbocycles. The van der Waals surface area contributed by atoms with Crippen LogP contribution in [0.2, 0.25) is 0 Å². The van der Waals surface area contributed by atoms with Crippen LogP contribution in [0, 0.1) is 11.8 Å². The van der Waals surface area contributed by atoms with Crippen LogP contribution in [0.1, 0.15) is 39.5 Å². The Morgan fingerprint density at radius 1 is 1.20 bits per heavy atom. The lowest BCUT2D eigenvalue weighted by molar-refractivity contribution is -0.151. The molecule has 0 N–H and O–H groups in total. The first kappa shape index (κ1) is 16.7. The minimum atomic E-state index is -0.318. The molecule has 2 fully saturated rings. The number of esters is 2. The number of carbonyl (C=O) groups excluding carboxylic acids is 2. The van der Waals surface area contributed by atoms with Crippen molar-refractivity contribution < 1.29 is 23.8 Å². The number of ether oxygens (including phenoxy) is 3. The third kappa shape index (κ3) is 5.33. The molecule has 20 heavy (non-hydrogen) atoms. The van der Waals surface area contributed by atoms with Gasteiger partial charge in [0, 0.05) is 19.6 Å². The van der Waals surface area contributed by atoms with Gasteiger partial charge in [-0.2, -0.15) is 0 Å². The number of rotatable bonds is 4. The van der Waals surface area contributed by atoms with Gasteiger partial charge in [-0.1, -0.05) is 6.58 Å². The van der Waals surface area contributed by atoms with Crippen LogP contribution in [-0.4, -0.2) is 31.9 Å².